The van der Waals surface area contributed by atoms with Gasteiger partial charge in [0.25, 0.3) is 0 Å². The van der Waals surface area contributed by atoms with Crippen LogP contribution in [0.2, 0.25) is 0 Å². The highest BCUT2D eigenvalue weighted by Gasteiger charge is 2.29. The van der Waals surface area contributed by atoms with Gasteiger partial charge in [-0.25, -0.2) is 9.59 Å². The van der Waals surface area contributed by atoms with Gasteiger partial charge in [-0.3, -0.25) is 9.69 Å². The molecule has 2 aliphatic rings. The van der Waals surface area contributed by atoms with E-state index in [1.54, 1.807) is 0 Å². The zero-order chi connectivity index (χ0) is 25.9. The number of benzene rings is 2. The van der Waals surface area contributed by atoms with Crippen molar-refractivity contribution in [2.24, 2.45) is 11.8 Å². The molecule has 3 N–H and O–H groups in total. The van der Waals surface area contributed by atoms with Crippen molar-refractivity contribution < 1.29 is 24.6 Å². The number of rotatable bonds is 7. The molecule has 2 aromatic rings. The predicted molar refractivity (Wildman–Crippen MR) is 140 cm³/mol. The summed E-state index contributed by atoms with van der Waals surface area (Å²) in [5.41, 5.74) is 4.79. The van der Waals surface area contributed by atoms with E-state index >= 15 is 0 Å². The third-order valence-corrected chi connectivity index (χ3v) is 6.95. The topological polar surface area (TPSA) is 107 Å². The van der Waals surface area contributed by atoms with Gasteiger partial charge in [0.05, 0.1) is 0 Å². The Morgan fingerprint density at radius 1 is 1.00 bits per heavy atom. The monoisotopic (exact) mass is 492 g/mol. The van der Waals surface area contributed by atoms with Crippen LogP contribution in [0, 0.1) is 11.8 Å². The molecule has 192 valence electrons. The Morgan fingerprint density at radius 2 is 1.67 bits per heavy atom. The number of hydrogen-bond donors (Lipinski definition) is 3. The number of likely N-dealkylation sites (tertiary alicyclic amines) is 1. The number of aliphatic carboxylic acids is 2. The van der Waals surface area contributed by atoms with Gasteiger partial charge in [-0.05, 0) is 68.3 Å². The summed E-state index contributed by atoms with van der Waals surface area (Å²) in [4.78, 5) is 34.8. The Kier molecular flexibility index (Phi) is 10.2. The predicted octanol–water partition coefficient (Wildman–Crippen LogP) is 4.88. The molecular weight excluding hydrogens is 456 g/mol. The lowest BCUT2D eigenvalue weighted by Crippen LogP contribution is -2.36. The van der Waals surface area contributed by atoms with Crippen LogP contribution >= 0.6 is 0 Å². The molecule has 7 heteroatoms. The molecule has 0 bridgehead atoms. The van der Waals surface area contributed by atoms with Crippen molar-refractivity contribution in [1.29, 1.82) is 0 Å². The number of ketones is 1. The molecule has 0 aromatic heterocycles. The van der Waals surface area contributed by atoms with Gasteiger partial charge in [0.1, 0.15) is 0 Å². The molecule has 1 saturated heterocycles. The van der Waals surface area contributed by atoms with E-state index in [4.69, 9.17) is 10.2 Å². The number of hydrogen-bond acceptors (Lipinski definition) is 5. The van der Waals surface area contributed by atoms with Crippen molar-refractivity contribution in [2.75, 3.05) is 25.0 Å². The highest BCUT2D eigenvalue weighted by molar-refractivity contribution is 5.98. The summed E-state index contributed by atoms with van der Waals surface area (Å²) in [5.74, 6) is -1.61. The third-order valence-electron chi connectivity index (χ3n) is 6.95. The SMILES string of the molecule is CC(C(=O)c1ccc2c(c1)NCCCC2)C1CCN(Cc2ccccc2)CC1.O=C(O)/C=C/C(=O)O. The Bertz CT molecular complexity index is 1040. The van der Waals surface area contributed by atoms with E-state index in [9.17, 15) is 14.4 Å². The summed E-state index contributed by atoms with van der Waals surface area (Å²) in [5, 5.41) is 19.1. The summed E-state index contributed by atoms with van der Waals surface area (Å²) >= 11 is 0. The molecule has 2 heterocycles. The lowest BCUT2D eigenvalue weighted by molar-refractivity contribution is -0.134. The fourth-order valence-corrected chi connectivity index (χ4v) is 4.85. The number of aryl methyl sites for hydroxylation is 1. The molecular formula is C29H36N2O5. The Hall–Kier alpha value is -3.45. The number of nitrogens with zero attached hydrogens (tertiary/aromatic N) is 1. The molecule has 0 aliphatic carbocycles. The first-order valence-electron chi connectivity index (χ1n) is 12.6. The van der Waals surface area contributed by atoms with E-state index in [-0.39, 0.29) is 5.92 Å². The standard InChI is InChI=1S/C25H32N2O.C4H4O4/c1-19(21-12-15-27(16-13-21)18-20-7-3-2-4-8-20)25(28)23-11-10-22-9-5-6-14-26-24(22)17-23;5-3(6)1-2-4(7)8/h2-4,7-8,10-11,17,19,21,26H,5-6,9,12-16,18H2,1H3;1-2H,(H,5,6)(H,7,8)/b;2-1+. The second-order valence-corrected chi connectivity index (χ2v) is 9.52. The summed E-state index contributed by atoms with van der Waals surface area (Å²) in [7, 11) is 0. The number of piperidine rings is 1. The Morgan fingerprint density at radius 3 is 2.31 bits per heavy atom. The molecule has 4 rings (SSSR count). The van der Waals surface area contributed by atoms with Gasteiger partial charge in [0.2, 0.25) is 0 Å². The first kappa shape index (κ1) is 27.1. The first-order chi connectivity index (χ1) is 17.3. The maximum absolute atomic E-state index is 13.1. The summed E-state index contributed by atoms with van der Waals surface area (Å²) in [6.45, 7) is 6.34. The van der Waals surface area contributed by atoms with Gasteiger partial charge in [-0.2, -0.15) is 0 Å². The number of anilines is 1. The molecule has 0 radical (unpaired) electrons. The van der Waals surface area contributed by atoms with Crippen LogP contribution in [-0.4, -0.2) is 52.5 Å². The second-order valence-electron chi connectivity index (χ2n) is 9.52. The smallest absolute Gasteiger partial charge is 0.328 e. The molecule has 36 heavy (non-hydrogen) atoms. The van der Waals surface area contributed by atoms with E-state index in [0.717, 1.165) is 51.0 Å². The summed E-state index contributed by atoms with van der Waals surface area (Å²) in [6, 6.07) is 17.0. The quantitative estimate of drug-likeness (QED) is 0.374. The minimum Gasteiger partial charge on any atom is -0.478 e. The van der Waals surface area contributed by atoms with Crippen LogP contribution in [0.3, 0.4) is 0 Å². The Balaban J connectivity index is 0.000000392. The highest BCUT2D eigenvalue weighted by Crippen LogP contribution is 2.30. The lowest BCUT2D eigenvalue weighted by Gasteiger charge is -2.34. The largest absolute Gasteiger partial charge is 0.478 e. The van der Waals surface area contributed by atoms with E-state index < -0.39 is 11.9 Å². The van der Waals surface area contributed by atoms with Crippen molar-refractivity contribution in [2.45, 2.75) is 45.6 Å². The van der Waals surface area contributed by atoms with Gasteiger partial charge in [0.15, 0.2) is 5.78 Å². The Labute approximate surface area is 212 Å². The number of Topliss-reactive ketones (excluding diaryl/α,β-unsaturated/α-hetero) is 1. The average Bonchev–Trinajstić information content (AvgIpc) is 3.13. The van der Waals surface area contributed by atoms with Gasteiger partial charge < -0.3 is 15.5 Å². The van der Waals surface area contributed by atoms with Crippen LogP contribution in [0.5, 0.6) is 0 Å². The molecule has 7 nitrogen and oxygen atoms in total. The number of carbonyl (C=O) groups is 3. The number of carboxylic acid groups (broad SMARTS) is 2. The molecule has 2 aromatic carbocycles. The fraction of sp³-hybridized carbons (Fsp3) is 0.414. The normalized spacial score (nSPS) is 17.1. The van der Waals surface area contributed by atoms with Gasteiger partial charge in [-0.1, -0.05) is 49.4 Å². The maximum atomic E-state index is 13.1. The number of carbonyl (C=O) groups excluding carboxylic acids is 1. The van der Waals surface area contributed by atoms with Gasteiger partial charge in [-0.15, -0.1) is 0 Å². The van der Waals surface area contributed by atoms with Crippen LogP contribution in [-0.2, 0) is 22.6 Å². The van der Waals surface area contributed by atoms with Crippen LogP contribution in [0.1, 0.15) is 54.1 Å². The maximum Gasteiger partial charge on any atom is 0.328 e. The van der Waals surface area contributed by atoms with Gasteiger partial charge in [0, 0.05) is 42.4 Å². The number of nitrogens with one attached hydrogen (secondary N) is 1. The minimum atomic E-state index is -1.26. The van der Waals surface area contributed by atoms with E-state index in [1.165, 1.54) is 29.7 Å². The highest BCUT2D eigenvalue weighted by atomic mass is 16.4. The molecule has 1 atom stereocenters. The molecule has 0 saturated carbocycles. The van der Waals surface area contributed by atoms with Crippen molar-refractivity contribution in [3.63, 3.8) is 0 Å². The zero-order valence-corrected chi connectivity index (χ0v) is 20.9. The summed E-state index contributed by atoms with van der Waals surface area (Å²) in [6.07, 6.45) is 6.89. The fourth-order valence-electron chi connectivity index (χ4n) is 4.85. The van der Waals surface area contributed by atoms with Crippen LogP contribution in [0.4, 0.5) is 5.69 Å². The number of fused-ring (bicyclic) bond motifs is 1. The van der Waals surface area contributed by atoms with Crippen LogP contribution in [0.25, 0.3) is 0 Å². The third kappa shape index (κ3) is 8.34. The van der Waals surface area contributed by atoms with Crippen molar-refractivity contribution >= 4 is 23.4 Å². The molecule has 0 spiro atoms. The van der Waals surface area contributed by atoms with E-state index in [0.29, 0.717) is 23.9 Å². The van der Waals surface area contributed by atoms with E-state index in [2.05, 4.69) is 65.7 Å². The van der Waals surface area contributed by atoms with Crippen molar-refractivity contribution in [3.8, 4) is 0 Å². The van der Waals surface area contributed by atoms with Crippen LogP contribution < -0.4 is 5.32 Å². The van der Waals surface area contributed by atoms with Crippen molar-refractivity contribution in [3.05, 3.63) is 77.4 Å². The molecule has 0 amide bonds. The molecule has 1 fully saturated rings. The zero-order valence-electron chi connectivity index (χ0n) is 20.9. The van der Waals surface area contributed by atoms with Crippen molar-refractivity contribution in [1.82, 2.24) is 4.90 Å². The average molecular weight is 493 g/mol. The number of carboxylic acids is 2. The molecule has 1 unspecified atom stereocenters. The first-order valence-corrected chi connectivity index (χ1v) is 12.6. The van der Waals surface area contributed by atoms with Gasteiger partial charge >= 0.3 is 11.9 Å². The van der Waals surface area contributed by atoms with E-state index in [1.807, 2.05) is 0 Å². The second kappa shape index (κ2) is 13.6. The molecule has 2 aliphatic heterocycles. The summed E-state index contributed by atoms with van der Waals surface area (Å²) < 4.78 is 0. The van der Waals surface area contributed by atoms with Crippen LogP contribution in [0.15, 0.2) is 60.7 Å². The lowest BCUT2D eigenvalue weighted by atomic mass is 9.81. The minimum absolute atomic E-state index is 0.0997.